The van der Waals surface area contributed by atoms with E-state index in [9.17, 15) is 0 Å². The largest absolute Gasteiger partial charge is 0.354 e. The molecule has 2 aliphatic rings. The summed E-state index contributed by atoms with van der Waals surface area (Å²) in [5.74, 6) is 3.17. The first-order chi connectivity index (χ1) is 17.0. The van der Waals surface area contributed by atoms with Gasteiger partial charge < -0.3 is 14.8 Å². The summed E-state index contributed by atoms with van der Waals surface area (Å²) in [5.41, 5.74) is 5.93. The number of hydrogen-bond donors (Lipinski definition) is 1. The highest BCUT2D eigenvalue weighted by Gasteiger charge is 2.28. The van der Waals surface area contributed by atoms with E-state index in [-0.39, 0.29) is 0 Å². The van der Waals surface area contributed by atoms with Gasteiger partial charge >= 0.3 is 0 Å². The van der Waals surface area contributed by atoms with Gasteiger partial charge in [-0.2, -0.15) is 10.1 Å². The quantitative estimate of drug-likeness (QED) is 0.415. The Bertz CT molecular complexity index is 1570. The molecule has 5 aromatic rings. The van der Waals surface area contributed by atoms with Crippen LogP contribution in [0.5, 0.6) is 0 Å². The van der Waals surface area contributed by atoms with Crippen LogP contribution in [0.2, 0.25) is 0 Å². The van der Waals surface area contributed by atoms with Gasteiger partial charge in [0, 0.05) is 55.9 Å². The second-order valence-electron chi connectivity index (χ2n) is 9.98. The minimum absolute atomic E-state index is 0.550. The molecule has 1 aliphatic heterocycles. The van der Waals surface area contributed by atoms with Crippen molar-refractivity contribution in [3.05, 3.63) is 42.7 Å². The monoisotopic (exact) mass is 468 g/mol. The number of nitrogens with zero attached hydrogens (tertiary/aromatic N) is 9. The summed E-state index contributed by atoms with van der Waals surface area (Å²) in [6, 6.07) is 4.90. The number of imidazole rings is 1. The van der Waals surface area contributed by atoms with Crippen molar-refractivity contribution in [1.82, 2.24) is 38.9 Å². The number of aromatic nitrogens is 8. The standard InChI is InChI=1S/C25H28N10/c1-15-6-8-33(13-15)24-22-20(7-9-34(22)31-25(30-24)29-18-12-27-32(3)14-18)17-10-21-23(26-11-17)28-16(2)35(21)19-4-5-19/h7,9-12,14-15,19H,4-6,8,13H2,1-3H3,(H,29,31). The normalized spacial score (nSPS) is 18.3. The van der Waals surface area contributed by atoms with Crippen LogP contribution in [-0.2, 0) is 7.05 Å². The Morgan fingerprint density at radius 2 is 2.00 bits per heavy atom. The Morgan fingerprint density at radius 1 is 1.11 bits per heavy atom. The lowest BCUT2D eigenvalue weighted by atomic mass is 10.1. The molecule has 6 heterocycles. The first-order valence-electron chi connectivity index (χ1n) is 12.3. The minimum Gasteiger partial charge on any atom is -0.354 e. The predicted molar refractivity (Wildman–Crippen MR) is 135 cm³/mol. The molecule has 5 aromatic heterocycles. The van der Waals surface area contributed by atoms with E-state index in [0.717, 1.165) is 64.6 Å². The molecule has 1 saturated carbocycles. The molecule has 10 nitrogen and oxygen atoms in total. The van der Waals surface area contributed by atoms with Crippen LogP contribution in [0.3, 0.4) is 0 Å². The summed E-state index contributed by atoms with van der Waals surface area (Å²) in [6.07, 6.45) is 11.2. The molecule has 35 heavy (non-hydrogen) atoms. The summed E-state index contributed by atoms with van der Waals surface area (Å²) >= 11 is 0. The average Bonchev–Trinajstić information content (AvgIpc) is 3.14. The van der Waals surface area contributed by atoms with Crippen LogP contribution in [0.4, 0.5) is 17.5 Å². The van der Waals surface area contributed by atoms with Crippen molar-refractivity contribution >= 4 is 34.1 Å². The van der Waals surface area contributed by atoms with Gasteiger partial charge in [0.15, 0.2) is 11.5 Å². The molecule has 2 fully saturated rings. The van der Waals surface area contributed by atoms with Gasteiger partial charge in [0.25, 0.3) is 0 Å². The molecule has 10 heteroatoms. The topological polar surface area (TPSA) is 94.0 Å². The van der Waals surface area contributed by atoms with Gasteiger partial charge in [-0.05, 0) is 44.2 Å². The maximum Gasteiger partial charge on any atom is 0.247 e. The molecule has 178 valence electrons. The molecule has 1 N–H and O–H groups in total. The molecule has 0 bridgehead atoms. The fourth-order valence-corrected chi connectivity index (χ4v) is 5.29. The highest BCUT2D eigenvalue weighted by Crippen LogP contribution is 2.40. The summed E-state index contributed by atoms with van der Waals surface area (Å²) in [5, 5.41) is 12.4. The Labute approximate surface area is 202 Å². The Balaban J connectivity index is 1.38. The van der Waals surface area contributed by atoms with E-state index in [0.29, 0.717) is 17.9 Å². The molecular formula is C25H28N10. The van der Waals surface area contributed by atoms with Crippen LogP contribution in [0, 0.1) is 12.8 Å². The lowest BCUT2D eigenvalue weighted by Gasteiger charge is -2.20. The van der Waals surface area contributed by atoms with E-state index < -0.39 is 0 Å². The van der Waals surface area contributed by atoms with Crippen molar-refractivity contribution in [2.75, 3.05) is 23.3 Å². The van der Waals surface area contributed by atoms with Crippen molar-refractivity contribution in [3.8, 4) is 11.1 Å². The molecule has 0 amide bonds. The molecular weight excluding hydrogens is 440 g/mol. The van der Waals surface area contributed by atoms with Crippen LogP contribution < -0.4 is 10.2 Å². The van der Waals surface area contributed by atoms with Gasteiger partial charge in [0.05, 0.1) is 17.4 Å². The lowest BCUT2D eigenvalue weighted by molar-refractivity contribution is 0.659. The van der Waals surface area contributed by atoms with Gasteiger partial charge in [-0.25, -0.2) is 14.5 Å². The third-order valence-electron chi connectivity index (χ3n) is 7.12. The number of hydrogen-bond acceptors (Lipinski definition) is 7. The Hall–Kier alpha value is -3.95. The molecule has 0 spiro atoms. The van der Waals surface area contributed by atoms with Crippen molar-refractivity contribution in [2.24, 2.45) is 13.0 Å². The zero-order valence-corrected chi connectivity index (χ0v) is 20.2. The predicted octanol–water partition coefficient (Wildman–Crippen LogP) is 4.11. The third kappa shape index (κ3) is 3.43. The molecule has 1 unspecified atom stereocenters. The molecule has 1 aliphatic carbocycles. The van der Waals surface area contributed by atoms with E-state index in [2.05, 4.69) is 45.9 Å². The fraction of sp³-hybridized carbons (Fsp3) is 0.400. The number of rotatable bonds is 5. The van der Waals surface area contributed by atoms with Gasteiger partial charge in [-0.1, -0.05) is 6.92 Å². The number of aryl methyl sites for hydroxylation is 2. The zero-order valence-electron chi connectivity index (χ0n) is 20.2. The van der Waals surface area contributed by atoms with E-state index in [4.69, 9.17) is 20.1 Å². The smallest absolute Gasteiger partial charge is 0.247 e. The third-order valence-corrected chi connectivity index (χ3v) is 7.12. The zero-order chi connectivity index (χ0) is 23.7. The van der Waals surface area contributed by atoms with Crippen molar-refractivity contribution in [3.63, 3.8) is 0 Å². The Kier molecular flexibility index (Phi) is 4.39. The van der Waals surface area contributed by atoms with Crippen molar-refractivity contribution in [2.45, 2.75) is 39.2 Å². The van der Waals surface area contributed by atoms with Crippen LogP contribution in [0.25, 0.3) is 27.8 Å². The first kappa shape index (κ1) is 20.4. The molecule has 7 rings (SSSR count). The number of nitrogens with one attached hydrogen (secondary N) is 1. The van der Waals surface area contributed by atoms with Gasteiger partial charge in [-0.15, -0.1) is 5.10 Å². The lowest BCUT2D eigenvalue weighted by Crippen LogP contribution is -2.22. The van der Waals surface area contributed by atoms with Crippen LogP contribution in [-0.4, -0.2) is 52.0 Å². The highest BCUT2D eigenvalue weighted by atomic mass is 15.4. The van der Waals surface area contributed by atoms with Crippen molar-refractivity contribution < 1.29 is 0 Å². The second-order valence-corrected chi connectivity index (χ2v) is 9.98. The Morgan fingerprint density at radius 3 is 2.74 bits per heavy atom. The van der Waals surface area contributed by atoms with Gasteiger partial charge in [-0.3, -0.25) is 4.68 Å². The van der Waals surface area contributed by atoms with E-state index in [1.807, 2.05) is 30.2 Å². The molecule has 0 radical (unpaired) electrons. The summed E-state index contributed by atoms with van der Waals surface area (Å²) in [4.78, 5) is 16.8. The number of pyridine rings is 1. The van der Waals surface area contributed by atoms with Crippen LogP contribution in [0.15, 0.2) is 36.9 Å². The van der Waals surface area contributed by atoms with Crippen molar-refractivity contribution in [1.29, 1.82) is 0 Å². The summed E-state index contributed by atoms with van der Waals surface area (Å²) < 4.78 is 6.04. The highest BCUT2D eigenvalue weighted by molar-refractivity contribution is 5.91. The molecule has 1 saturated heterocycles. The van der Waals surface area contributed by atoms with Crippen LogP contribution >= 0.6 is 0 Å². The van der Waals surface area contributed by atoms with Gasteiger partial charge in [0.1, 0.15) is 11.3 Å². The first-order valence-corrected chi connectivity index (χ1v) is 12.3. The molecule has 1 atom stereocenters. The number of fused-ring (bicyclic) bond motifs is 2. The number of anilines is 3. The fourth-order valence-electron chi connectivity index (χ4n) is 5.29. The van der Waals surface area contributed by atoms with Gasteiger partial charge in [0.2, 0.25) is 5.95 Å². The van der Waals surface area contributed by atoms with E-state index in [1.54, 1.807) is 10.9 Å². The molecule has 0 aromatic carbocycles. The average molecular weight is 469 g/mol. The summed E-state index contributed by atoms with van der Waals surface area (Å²) in [7, 11) is 1.89. The van der Waals surface area contributed by atoms with Crippen LogP contribution in [0.1, 0.15) is 38.1 Å². The summed E-state index contributed by atoms with van der Waals surface area (Å²) in [6.45, 7) is 6.33. The SMILES string of the molecule is Cc1nc2ncc(-c3ccn4nc(Nc5cnn(C)c5)nc(N5CCC(C)C5)c34)cc2n1C1CC1. The maximum atomic E-state index is 5.01. The maximum absolute atomic E-state index is 5.01. The minimum atomic E-state index is 0.550. The van der Waals surface area contributed by atoms with E-state index in [1.165, 1.54) is 12.8 Å². The van der Waals surface area contributed by atoms with E-state index >= 15 is 0 Å². The second kappa shape index (κ2) is 7.53.